The maximum atomic E-state index is 9.76. The van der Waals surface area contributed by atoms with Crippen molar-refractivity contribution in [3.63, 3.8) is 0 Å². The number of likely N-dealkylation sites (tertiary alicyclic amines) is 1. The lowest BCUT2D eigenvalue weighted by Gasteiger charge is -2.33. The minimum Gasteiger partial charge on any atom is -0.392 e. The van der Waals surface area contributed by atoms with Crippen LogP contribution in [-0.2, 0) is 13.6 Å². The summed E-state index contributed by atoms with van der Waals surface area (Å²) in [6, 6.07) is 0. The first-order valence-electron chi connectivity index (χ1n) is 5.40. The topological polar surface area (TPSA) is 54.2 Å². The maximum Gasteiger partial charge on any atom is 0.140 e. The lowest BCUT2D eigenvalue weighted by Crippen LogP contribution is -2.42. The Morgan fingerprint density at radius 1 is 1.60 bits per heavy atom. The smallest absolute Gasteiger partial charge is 0.140 e. The minimum absolute atomic E-state index is 0.202. The third kappa shape index (κ3) is 2.35. The predicted octanol–water partition coefficient (Wildman–Crippen LogP) is 0.0178. The number of aliphatic hydroxyl groups is 1. The van der Waals surface area contributed by atoms with E-state index in [0.717, 1.165) is 31.9 Å². The molecule has 1 fully saturated rings. The summed E-state index contributed by atoms with van der Waals surface area (Å²) in [5.41, 5.74) is 0. The number of piperidine rings is 1. The van der Waals surface area contributed by atoms with Crippen LogP contribution in [0, 0.1) is 5.92 Å². The van der Waals surface area contributed by atoms with E-state index in [-0.39, 0.29) is 6.10 Å². The van der Waals surface area contributed by atoms with Gasteiger partial charge in [-0.3, -0.25) is 9.58 Å². The number of rotatable bonds is 2. The van der Waals surface area contributed by atoms with E-state index in [1.807, 2.05) is 7.05 Å². The van der Waals surface area contributed by atoms with Gasteiger partial charge < -0.3 is 5.11 Å². The van der Waals surface area contributed by atoms with Crippen molar-refractivity contribution in [1.82, 2.24) is 19.7 Å². The van der Waals surface area contributed by atoms with Crippen LogP contribution in [0.5, 0.6) is 0 Å². The highest BCUT2D eigenvalue weighted by Gasteiger charge is 2.24. The Morgan fingerprint density at radius 2 is 2.40 bits per heavy atom. The largest absolute Gasteiger partial charge is 0.392 e. The van der Waals surface area contributed by atoms with Crippen molar-refractivity contribution in [2.45, 2.75) is 26.0 Å². The Balaban J connectivity index is 1.94. The van der Waals surface area contributed by atoms with Crippen LogP contribution in [0.1, 0.15) is 19.2 Å². The van der Waals surface area contributed by atoms with Gasteiger partial charge in [0.2, 0.25) is 0 Å². The lowest BCUT2D eigenvalue weighted by atomic mass is 9.96. The van der Waals surface area contributed by atoms with Crippen LogP contribution in [-0.4, -0.2) is 44.0 Å². The molecule has 0 saturated carbocycles. The molecule has 84 valence electrons. The molecule has 1 aliphatic rings. The summed E-state index contributed by atoms with van der Waals surface area (Å²) >= 11 is 0. The van der Waals surface area contributed by atoms with E-state index in [1.54, 1.807) is 11.0 Å². The molecule has 0 aromatic carbocycles. The Labute approximate surface area is 89.7 Å². The number of aliphatic hydroxyl groups excluding tert-OH is 1. The third-order valence-corrected chi connectivity index (χ3v) is 3.17. The first-order chi connectivity index (χ1) is 7.16. The van der Waals surface area contributed by atoms with Crippen LogP contribution in [0.3, 0.4) is 0 Å². The Bertz CT molecular complexity index is 325. The number of aromatic nitrogens is 3. The molecule has 1 aliphatic heterocycles. The van der Waals surface area contributed by atoms with Gasteiger partial charge in [-0.05, 0) is 18.9 Å². The van der Waals surface area contributed by atoms with Gasteiger partial charge >= 0.3 is 0 Å². The molecule has 5 heteroatoms. The van der Waals surface area contributed by atoms with Crippen LogP contribution in [0.25, 0.3) is 0 Å². The summed E-state index contributed by atoms with van der Waals surface area (Å²) in [5, 5.41) is 13.8. The zero-order valence-corrected chi connectivity index (χ0v) is 9.30. The average molecular weight is 210 g/mol. The number of β-amino-alcohol motifs (C(OH)–C–C–N with tert-alkyl or cyclic N) is 1. The molecule has 2 heterocycles. The fraction of sp³-hybridized carbons (Fsp3) is 0.800. The first-order valence-corrected chi connectivity index (χ1v) is 5.40. The predicted molar refractivity (Wildman–Crippen MR) is 56.1 cm³/mol. The summed E-state index contributed by atoms with van der Waals surface area (Å²) < 4.78 is 1.78. The SMILES string of the molecule is CC1CCN(Cc2ncnn2C)CC1O. The number of hydrogen-bond donors (Lipinski definition) is 1. The molecule has 0 bridgehead atoms. The van der Waals surface area contributed by atoms with Crippen molar-refractivity contribution in [1.29, 1.82) is 0 Å². The Kier molecular flexibility index (Phi) is 3.02. The highest BCUT2D eigenvalue weighted by molar-refractivity contribution is 4.86. The quantitative estimate of drug-likeness (QED) is 0.747. The standard InChI is InChI=1S/C10H18N4O/c1-8-3-4-14(5-9(8)15)6-10-11-7-12-13(10)2/h7-9,15H,3-6H2,1-2H3. The van der Waals surface area contributed by atoms with Gasteiger partial charge in [0.25, 0.3) is 0 Å². The molecule has 1 aromatic heterocycles. The molecule has 2 unspecified atom stereocenters. The molecule has 0 amide bonds. The van der Waals surface area contributed by atoms with E-state index < -0.39 is 0 Å². The van der Waals surface area contributed by atoms with Crippen molar-refractivity contribution in [2.24, 2.45) is 13.0 Å². The van der Waals surface area contributed by atoms with Gasteiger partial charge in [-0.2, -0.15) is 5.10 Å². The van der Waals surface area contributed by atoms with Crippen LogP contribution >= 0.6 is 0 Å². The molecule has 0 spiro atoms. The van der Waals surface area contributed by atoms with Gasteiger partial charge in [0.05, 0.1) is 12.6 Å². The molecule has 1 aromatic rings. The zero-order chi connectivity index (χ0) is 10.8. The second-order valence-electron chi connectivity index (χ2n) is 4.37. The van der Waals surface area contributed by atoms with Gasteiger partial charge in [0, 0.05) is 13.6 Å². The summed E-state index contributed by atoms with van der Waals surface area (Å²) in [7, 11) is 1.89. The normalized spacial score (nSPS) is 28.2. The van der Waals surface area contributed by atoms with Crippen LogP contribution in [0.2, 0.25) is 0 Å². The highest BCUT2D eigenvalue weighted by atomic mass is 16.3. The minimum atomic E-state index is -0.202. The fourth-order valence-electron chi connectivity index (χ4n) is 1.92. The molecule has 2 atom stereocenters. The van der Waals surface area contributed by atoms with Crippen LogP contribution in [0.15, 0.2) is 6.33 Å². The summed E-state index contributed by atoms with van der Waals surface area (Å²) in [6.07, 6.45) is 2.42. The van der Waals surface area contributed by atoms with Crippen molar-refractivity contribution in [2.75, 3.05) is 13.1 Å². The Hall–Kier alpha value is -0.940. The molecule has 1 saturated heterocycles. The number of hydrogen-bond acceptors (Lipinski definition) is 4. The summed E-state index contributed by atoms with van der Waals surface area (Å²) in [6.45, 7) is 4.66. The van der Waals surface area contributed by atoms with E-state index in [1.165, 1.54) is 0 Å². The molecule has 15 heavy (non-hydrogen) atoms. The fourth-order valence-corrected chi connectivity index (χ4v) is 1.92. The molecule has 0 aliphatic carbocycles. The number of nitrogens with zero attached hydrogens (tertiary/aromatic N) is 4. The zero-order valence-electron chi connectivity index (χ0n) is 9.30. The Morgan fingerprint density at radius 3 is 3.00 bits per heavy atom. The van der Waals surface area contributed by atoms with E-state index in [9.17, 15) is 5.11 Å². The second kappa shape index (κ2) is 4.28. The monoisotopic (exact) mass is 210 g/mol. The average Bonchev–Trinajstić information content (AvgIpc) is 2.59. The summed E-state index contributed by atoms with van der Waals surface area (Å²) in [5.74, 6) is 1.37. The van der Waals surface area contributed by atoms with Gasteiger partial charge in [-0.1, -0.05) is 6.92 Å². The van der Waals surface area contributed by atoms with E-state index in [0.29, 0.717) is 5.92 Å². The molecule has 2 rings (SSSR count). The third-order valence-electron chi connectivity index (χ3n) is 3.17. The van der Waals surface area contributed by atoms with Gasteiger partial charge in [0.15, 0.2) is 0 Å². The van der Waals surface area contributed by atoms with Crippen molar-refractivity contribution in [3.05, 3.63) is 12.2 Å². The van der Waals surface area contributed by atoms with Crippen molar-refractivity contribution >= 4 is 0 Å². The van der Waals surface area contributed by atoms with E-state index in [4.69, 9.17) is 0 Å². The van der Waals surface area contributed by atoms with Gasteiger partial charge in [-0.25, -0.2) is 4.98 Å². The van der Waals surface area contributed by atoms with Gasteiger partial charge in [0.1, 0.15) is 12.2 Å². The molecule has 5 nitrogen and oxygen atoms in total. The van der Waals surface area contributed by atoms with Crippen LogP contribution < -0.4 is 0 Å². The van der Waals surface area contributed by atoms with Crippen LogP contribution in [0.4, 0.5) is 0 Å². The first kappa shape index (κ1) is 10.6. The molecular weight excluding hydrogens is 192 g/mol. The highest BCUT2D eigenvalue weighted by Crippen LogP contribution is 2.17. The summed E-state index contributed by atoms with van der Waals surface area (Å²) in [4.78, 5) is 6.41. The second-order valence-corrected chi connectivity index (χ2v) is 4.37. The van der Waals surface area contributed by atoms with Gasteiger partial charge in [-0.15, -0.1) is 0 Å². The van der Waals surface area contributed by atoms with Crippen molar-refractivity contribution < 1.29 is 5.11 Å². The number of aryl methyl sites for hydroxylation is 1. The lowest BCUT2D eigenvalue weighted by molar-refractivity contribution is 0.0245. The van der Waals surface area contributed by atoms with Crippen molar-refractivity contribution in [3.8, 4) is 0 Å². The maximum absolute atomic E-state index is 9.76. The van der Waals surface area contributed by atoms with E-state index >= 15 is 0 Å². The molecular formula is C10H18N4O. The molecule has 1 N–H and O–H groups in total. The van der Waals surface area contributed by atoms with E-state index in [2.05, 4.69) is 21.9 Å². The molecule has 0 radical (unpaired) electrons.